The van der Waals surface area contributed by atoms with Crippen LogP contribution in [0, 0.1) is 0 Å². The van der Waals surface area contributed by atoms with Crippen molar-refractivity contribution < 1.29 is 0 Å². The Hall–Kier alpha value is -2.18. The summed E-state index contributed by atoms with van der Waals surface area (Å²) in [6, 6.07) is 0. The maximum absolute atomic E-state index is 5.59. The lowest BCUT2D eigenvalue weighted by Crippen LogP contribution is -2.11. The molecule has 0 bridgehead atoms. The molecule has 0 radical (unpaired) electrons. The second kappa shape index (κ2) is 4.77. The zero-order valence-corrected chi connectivity index (χ0v) is 9.88. The Morgan fingerprint density at radius 1 is 1.35 bits per heavy atom. The number of nitrogen functional groups attached to an aromatic ring is 1. The van der Waals surface area contributed by atoms with E-state index in [1.54, 1.807) is 6.20 Å². The molecule has 0 spiro atoms. The monoisotopic (exact) mass is 233 g/mol. The third-order valence-corrected chi connectivity index (χ3v) is 2.34. The number of hydrogen-bond acceptors (Lipinski definition) is 6. The van der Waals surface area contributed by atoms with Gasteiger partial charge in [0.25, 0.3) is 0 Å². The largest absolute Gasteiger partial charge is 0.368 e. The highest BCUT2D eigenvalue weighted by atomic mass is 15.2. The summed E-state index contributed by atoms with van der Waals surface area (Å²) in [5, 5.41) is 3.08. The standard InChI is InChI=1S/C10H15N7/c1-3-7-14-9(11)16-10(15-7)13-6-8-12-4-5-17(8)2/h4-5H,3,6H2,1-2H3,(H3,11,13,14,15,16). The molecule has 0 fully saturated rings. The predicted molar refractivity (Wildman–Crippen MR) is 64.2 cm³/mol. The molecule has 7 nitrogen and oxygen atoms in total. The van der Waals surface area contributed by atoms with Gasteiger partial charge in [0.15, 0.2) is 0 Å². The van der Waals surface area contributed by atoms with Crippen molar-refractivity contribution in [2.75, 3.05) is 11.1 Å². The molecule has 0 aliphatic heterocycles. The van der Waals surface area contributed by atoms with E-state index in [1.807, 2.05) is 24.7 Å². The molecule has 17 heavy (non-hydrogen) atoms. The Bertz CT molecular complexity index is 505. The van der Waals surface area contributed by atoms with Crippen LogP contribution in [0.25, 0.3) is 0 Å². The van der Waals surface area contributed by atoms with Crippen LogP contribution < -0.4 is 11.1 Å². The minimum Gasteiger partial charge on any atom is -0.368 e. The third-order valence-electron chi connectivity index (χ3n) is 2.34. The highest BCUT2D eigenvalue weighted by molar-refractivity contribution is 5.31. The van der Waals surface area contributed by atoms with E-state index in [9.17, 15) is 0 Å². The topological polar surface area (TPSA) is 94.5 Å². The van der Waals surface area contributed by atoms with E-state index in [2.05, 4.69) is 25.3 Å². The van der Waals surface area contributed by atoms with Gasteiger partial charge in [-0.25, -0.2) is 4.98 Å². The fourth-order valence-corrected chi connectivity index (χ4v) is 1.40. The van der Waals surface area contributed by atoms with Crippen LogP contribution in [0.5, 0.6) is 0 Å². The number of rotatable bonds is 4. The average molecular weight is 233 g/mol. The number of anilines is 2. The fourth-order valence-electron chi connectivity index (χ4n) is 1.40. The van der Waals surface area contributed by atoms with Crippen molar-refractivity contribution in [3.05, 3.63) is 24.0 Å². The molecule has 2 rings (SSSR count). The Morgan fingerprint density at radius 3 is 2.82 bits per heavy atom. The van der Waals surface area contributed by atoms with E-state index in [1.165, 1.54) is 0 Å². The summed E-state index contributed by atoms with van der Waals surface area (Å²) in [6.07, 6.45) is 4.36. The highest BCUT2D eigenvalue weighted by Crippen LogP contribution is 2.05. The molecule has 7 heteroatoms. The molecular weight excluding hydrogens is 218 g/mol. The molecule has 0 saturated carbocycles. The molecule has 0 unspecified atom stereocenters. The lowest BCUT2D eigenvalue weighted by atomic mass is 10.4. The number of aryl methyl sites for hydroxylation is 2. The zero-order valence-electron chi connectivity index (χ0n) is 9.88. The Balaban J connectivity index is 2.09. The average Bonchev–Trinajstić information content (AvgIpc) is 2.71. The quantitative estimate of drug-likeness (QED) is 0.791. The van der Waals surface area contributed by atoms with Crippen LogP contribution in [0.2, 0.25) is 0 Å². The summed E-state index contributed by atoms with van der Waals surface area (Å²) in [5.74, 6) is 2.30. The van der Waals surface area contributed by atoms with Crippen molar-refractivity contribution in [1.29, 1.82) is 0 Å². The number of imidazole rings is 1. The molecular formula is C10H15N7. The van der Waals surface area contributed by atoms with E-state index < -0.39 is 0 Å². The SMILES string of the molecule is CCc1nc(N)nc(NCc2nccn2C)n1. The second-order valence-electron chi connectivity index (χ2n) is 3.59. The zero-order chi connectivity index (χ0) is 12.3. The first-order valence-corrected chi connectivity index (χ1v) is 5.39. The Labute approximate surface area is 99.1 Å². The van der Waals surface area contributed by atoms with E-state index in [-0.39, 0.29) is 5.95 Å². The molecule has 2 aromatic rings. The molecule has 90 valence electrons. The predicted octanol–water partition coefficient (Wildman–Crippen LogP) is 0.362. The van der Waals surface area contributed by atoms with Gasteiger partial charge in [0, 0.05) is 25.9 Å². The van der Waals surface area contributed by atoms with Crippen LogP contribution in [0.4, 0.5) is 11.9 Å². The molecule has 0 aromatic carbocycles. The van der Waals surface area contributed by atoms with E-state index in [0.717, 1.165) is 12.2 Å². The van der Waals surface area contributed by atoms with Crippen molar-refractivity contribution in [2.24, 2.45) is 7.05 Å². The van der Waals surface area contributed by atoms with Crippen molar-refractivity contribution in [1.82, 2.24) is 24.5 Å². The normalized spacial score (nSPS) is 10.5. The summed E-state index contributed by atoms with van der Waals surface area (Å²) >= 11 is 0. The minimum atomic E-state index is 0.235. The van der Waals surface area contributed by atoms with Crippen molar-refractivity contribution in [3.63, 3.8) is 0 Å². The molecule has 2 aromatic heterocycles. The van der Waals surface area contributed by atoms with Gasteiger partial charge in [0.1, 0.15) is 11.6 Å². The molecule has 0 saturated heterocycles. The van der Waals surface area contributed by atoms with Gasteiger partial charge in [-0.3, -0.25) is 0 Å². The van der Waals surface area contributed by atoms with Crippen LogP contribution >= 0.6 is 0 Å². The van der Waals surface area contributed by atoms with E-state index in [0.29, 0.717) is 18.3 Å². The highest BCUT2D eigenvalue weighted by Gasteiger charge is 2.04. The number of nitrogens with one attached hydrogen (secondary N) is 1. The number of nitrogens with zero attached hydrogens (tertiary/aromatic N) is 5. The van der Waals surface area contributed by atoms with Crippen molar-refractivity contribution >= 4 is 11.9 Å². The Kier molecular flexibility index (Phi) is 3.17. The first-order chi connectivity index (χ1) is 8.19. The molecule has 3 N–H and O–H groups in total. The van der Waals surface area contributed by atoms with Gasteiger partial charge in [-0.1, -0.05) is 6.92 Å². The number of aromatic nitrogens is 5. The molecule has 0 amide bonds. The van der Waals surface area contributed by atoms with Crippen LogP contribution in [0.3, 0.4) is 0 Å². The summed E-state index contributed by atoms with van der Waals surface area (Å²) in [4.78, 5) is 16.5. The molecule has 0 atom stereocenters. The van der Waals surface area contributed by atoms with Gasteiger partial charge in [-0.05, 0) is 0 Å². The lowest BCUT2D eigenvalue weighted by Gasteiger charge is -2.06. The van der Waals surface area contributed by atoms with E-state index >= 15 is 0 Å². The third kappa shape index (κ3) is 2.68. The van der Waals surface area contributed by atoms with Crippen LogP contribution in [0.1, 0.15) is 18.6 Å². The van der Waals surface area contributed by atoms with Gasteiger partial charge < -0.3 is 15.6 Å². The van der Waals surface area contributed by atoms with E-state index in [4.69, 9.17) is 5.73 Å². The second-order valence-corrected chi connectivity index (χ2v) is 3.59. The fraction of sp³-hybridized carbons (Fsp3) is 0.400. The van der Waals surface area contributed by atoms with Gasteiger partial charge in [0.05, 0.1) is 6.54 Å². The number of hydrogen-bond donors (Lipinski definition) is 2. The maximum atomic E-state index is 5.59. The molecule has 0 aliphatic rings. The maximum Gasteiger partial charge on any atom is 0.228 e. The van der Waals surface area contributed by atoms with Crippen LogP contribution in [0.15, 0.2) is 12.4 Å². The van der Waals surface area contributed by atoms with Gasteiger partial charge in [-0.15, -0.1) is 0 Å². The van der Waals surface area contributed by atoms with Crippen LogP contribution in [-0.2, 0) is 20.0 Å². The Morgan fingerprint density at radius 2 is 2.18 bits per heavy atom. The lowest BCUT2D eigenvalue weighted by molar-refractivity contribution is 0.803. The summed E-state index contributed by atoms with van der Waals surface area (Å²) in [6.45, 7) is 2.52. The van der Waals surface area contributed by atoms with Crippen molar-refractivity contribution in [2.45, 2.75) is 19.9 Å². The smallest absolute Gasteiger partial charge is 0.228 e. The van der Waals surface area contributed by atoms with Gasteiger partial charge >= 0.3 is 0 Å². The van der Waals surface area contributed by atoms with Gasteiger partial charge in [0.2, 0.25) is 11.9 Å². The summed E-state index contributed by atoms with van der Waals surface area (Å²) < 4.78 is 1.93. The minimum absolute atomic E-state index is 0.235. The summed E-state index contributed by atoms with van der Waals surface area (Å²) in [5.41, 5.74) is 5.59. The first kappa shape index (κ1) is 11.3. The molecule has 2 heterocycles. The van der Waals surface area contributed by atoms with Crippen LogP contribution in [-0.4, -0.2) is 24.5 Å². The van der Waals surface area contributed by atoms with Gasteiger partial charge in [-0.2, -0.15) is 15.0 Å². The number of nitrogens with two attached hydrogens (primary N) is 1. The molecule has 0 aliphatic carbocycles. The summed E-state index contributed by atoms with van der Waals surface area (Å²) in [7, 11) is 1.93. The first-order valence-electron chi connectivity index (χ1n) is 5.39. The van der Waals surface area contributed by atoms with Crippen molar-refractivity contribution in [3.8, 4) is 0 Å².